The number of para-hydroxylation sites is 2. The zero-order chi connectivity index (χ0) is 10.6. The van der Waals surface area contributed by atoms with E-state index in [1.165, 1.54) is 12.1 Å². The summed E-state index contributed by atoms with van der Waals surface area (Å²) in [5.74, 6) is 0.0717. The molecule has 1 aromatic carbocycles. The quantitative estimate of drug-likeness (QED) is 0.662. The van der Waals surface area contributed by atoms with Crippen LogP contribution in [-0.2, 0) is 0 Å². The highest BCUT2D eigenvalue weighted by molar-refractivity contribution is 5.86. The Kier molecular flexibility index (Phi) is 2.90. The maximum Gasteiger partial charge on any atom is 0.410 e. The first-order chi connectivity index (χ1) is 6.59. The average Bonchev–Trinajstić information content (AvgIpc) is 2.06. The molecule has 1 aromatic rings. The van der Waals surface area contributed by atoms with E-state index in [1.54, 1.807) is 12.1 Å². The van der Waals surface area contributed by atoms with Gasteiger partial charge in [-0.1, -0.05) is 12.1 Å². The Morgan fingerprint density at radius 2 is 2.00 bits per heavy atom. The maximum atomic E-state index is 10.4. The van der Waals surface area contributed by atoms with E-state index in [9.17, 15) is 9.59 Å². The molecule has 4 N–H and O–H groups in total. The van der Waals surface area contributed by atoms with Crippen LogP contribution in [0.15, 0.2) is 24.3 Å². The highest BCUT2D eigenvalue weighted by atomic mass is 16.5. The van der Waals surface area contributed by atoms with Crippen LogP contribution in [0.4, 0.5) is 15.3 Å². The molecule has 0 radical (unpaired) electrons. The summed E-state index contributed by atoms with van der Waals surface area (Å²) in [6.07, 6.45) is -2.24. The van der Waals surface area contributed by atoms with Crippen LogP contribution >= 0.6 is 0 Å². The van der Waals surface area contributed by atoms with Crippen molar-refractivity contribution in [3.63, 3.8) is 0 Å². The lowest BCUT2D eigenvalue weighted by molar-refractivity contribution is 0.207. The maximum absolute atomic E-state index is 10.4. The molecule has 0 spiro atoms. The van der Waals surface area contributed by atoms with E-state index in [4.69, 9.17) is 10.8 Å². The minimum atomic E-state index is -1.24. The molecule has 0 aromatic heterocycles. The molecule has 0 heterocycles. The van der Waals surface area contributed by atoms with Crippen molar-refractivity contribution in [2.24, 2.45) is 5.73 Å². The molecule has 0 aliphatic carbocycles. The van der Waals surface area contributed by atoms with E-state index < -0.39 is 12.2 Å². The number of benzene rings is 1. The Hall–Kier alpha value is -2.24. The van der Waals surface area contributed by atoms with Crippen LogP contribution in [-0.4, -0.2) is 17.3 Å². The van der Waals surface area contributed by atoms with Crippen LogP contribution in [0.2, 0.25) is 0 Å². The molecule has 14 heavy (non-hydrogen) atoms. The fourth-order valence-electron chi connectivity index (χ4n) is 0.882. The van der Waals surface area contributed by atoms with Gasteiger partial charge in [-0.05, 0) is 12.1 Å². The number of anilines is 1. The molecule has 6 nitrogen and oxygen atoms in total. The third-order valence-electron chi connectivity index (χ3n) is 1.34. The molecule has 74 valence electrons. The van der Waals surface area contributed by atoms with E-state index in [2.05, 4.69) is 10.1 Å². The van der Waals surface area contributed by atoms with Gasteiger partial charge in [0.25, 0.3) is 0 Å². The van der Waals surface area contributed by atoms with Gasteiger partial charge >= 0.3 is 12.2 Å². The first-order valence-corrected chi connectivity index (χ1v) is 3.66. The average molecular weight is 196 g/mol. The summed E-state index contributed by atoms with van der Waals surface area (Å²) >= 11 is 0. The molecular formula is C8H8N2O4. The molecule has 0 saturated carbocycles. The Balaban J connectivity index is 2.90. The second kappa shape index (κ2) is 4.13. The van der Waals surface area contributed by atoms with Crippen molar-refractivity contribution < 1.29 is 19.4 Å². The van der Waals surface area contributed by atoms with Gasteiger partial charge in [0, 0.05) is 0 Å². The SMILES string of the molecule is NC(=O)Oc1ccccc1NC(=O)O. The number of amides is 2. The number of nitrogens with one attached hydrogen (secondary N) is 1. The van der Waals surface area contributed by atoms with Gasteiger partial charge in [-0.2, -0.15) is 0 Å². The molecule has 2 amide bonds. The van der Waals surface area contributed by atoms with Crippen LogP contribution in [0.5, 0.6) is 5.75 Å². The first-order valence-electron chi connectivity index (χ1n) is 3.66. The first kappa shape index (κ1) is 9.85. The van der Waals surface area contributed by atoms with Crippen LogP contribution in [0, 0.1) is 0 Å². The fourth-order valence-corrected chi connectivity index (χ4v) is 0.882. The normalized spacial score (nSPS) is 9.14. The number of hydrogen-bond donors (Lipinski definition) is 3. The van der Waals surface area contributed by atoms with Gasteiger partial charge in [-0.15, -0.1) is 0 Å². The number of rotatable bonds is 2. The molecule has 1 rings (SSSR count). The van der Waals surface area contributed by atoms with Gasteiger partial charge in [0.2, 0.25) is 0 Å². The van der Waals surface area contributed by atoms with Crippen LogP contribution in [0.1, 0.15) is 0 Å². The largest absolute Gasteiger partial charge is 0.465 e. The lowest BCUT2D eigenvalue weighted by Gasteiger charge is -2.06. The highest BCUT2D eigenvalue weighted by Crippen LogP contribution is 2.23. The van der Waals surface area contributed by atoms with Crippen molar-refractivity contribution in [2.75, 3.05) is 5.32 Å². The van der Waals surface area contributed by atoms with Gasteiger partial charge in [-0.3, -0.25) is 5.32 Å². The van der Waals surface area contributed by atoms with Crippen LogP contribution < -0.4 is 15.8 Å². The number of carbonyl (C=O) groups is 2. The number of nitrogens with two attached hydrogens (primary N) is 1. The zero-order valence-electron chi connectivity index (χ0n) is 7.06. The predicted octanol–water partition coefficient (Wildman–Crippen LogP) is 1.23. The lowest BCUT2D eigenvalue weighted by Crippen LogP contribution is -2.18. The molecular weight excluding hydrogens is 188 g/mol. The predicted molar refractivity (Wildman–Crippen MR) is 48.3 cm³/mol. The van der Waals surface area contributed by atoms with Gasteiger partial charge < -0.3 is 15.6 Å². The standard InChI is InChI=1S/C8H8N2O4/c9-7(11)14-6-4-2-1-3-5(6)10-8(12)13/h1-4,10H,(H2,9,11)(H,12,13). The molecule has 0 saturated heterocycles. The summed E-state index contributed by atoms with van der Waals surface area (Å²) in [4.78, 5) is 20.8. The van der Waals surface area contributed by atoms with E-state index in [1.807, 2.05) is 0 Å². The van der Waals surface area contributed by atoms with Gasteiger partial charge in [0.05, 0.1) is 5.69 Å². The van der Waals surface area contributed by atoms with Crippen molar-refractivity contribution in [3.05, 3.63) is 24.3 Å². The van der Waals surface area contributed by atoms with Crippen LogP contribution in [0.25, 0.3) is 0 Å². The van der Waals surface area contributed by atoms with E-state index in [-0.39, 0.29) is 11.4 Å². The Morgan fingerprint density at radius 3 is 2.57 bits per heavy atom. The number of ether oxygens (including phenoxy) is 1. The molecule has 0 bridgehead atoms. The fraction of sp³-hybridized carbons (Fsp3) is 0. The highest BCUT2D eigenvalue weighted by Gasteiger charge is 2.07. The van der Waals surface area contributed by atoms with E-state index in [0.29, 0.717) is 0 Å². The lowest BCUT2D eigenvalue weighted by atomic mass is 10.3. The number of hydrogen-bond acceptors (Lipinski definition) is 3. The molecule has 0 atom stereocenters. The number of primary amides is 1. The molecule has 0 aliphatic heterocycles. The zero-order valence-corrected chi connectivity index (χ0v) is 7.06. The van der Waals surface area contributed by atoms with Gasteiger partial charge in [-0.25, -0.2) is 9.59 Å². The summed E-state index contributed by atoms with van der Waals surface area (Å²) in [5, 5.41) is 10.5. The van der Waals surface area contributed by atoms with Crippen molar-refractivity contribution in [1.29, 1.82) is 0 Å². The summed E-state index contributed by atoms with van der Waals surface area (Å²) in [7, 11) is 0. The van der Waals surface area contributed by atoms with Gasteiger partial charge in [0.15, 0.2) is 5.75 Å². The minimum absolute atomic E-state index is 0.0717. The third kappa shape index (κ3) is 2.67. The van der Waals surface area contributed by atoms with Crippen LogP contribution in [0.3, 0.4) is 0 Å². The second-order valence-corrected chi connectivity index (χ2v) is 2.35. The topological polar surface area (TPSA) is 102 Å². The van der Waals surface area contributed by atoms with Crippen molar-refractivity contribution in [2.45, 2.75) is 0 Å². The van der Waals surface area contributed by atoms with E-state index >= 15 is 0 Å². The van der Waals surface area contributed by atoms with Crippen molar-refractivity contribution in [3.8, 4) is 5.75 Å². The molecule has 0 aliphatic rings. The Labute approximate surface area is 79.3 Å². The molecule has 0 unspecified atom stereocenters. The molecule has 6 heteroatoms. The van der Waals surface area contributed by atoms with Gasteiger partial charge in [0.1, 0.15) is 0 Å². The summed E-state index contributed by atoms with van der Waals surface area (Å²) < 4.78 is 4.56. The number of carbonyl (C=O) groups excluding carboxylic acids is 1. The number of carboxylic acid groups (broad SMARTS) is 1. The monoisotopic (exact) mass is 196 g/mol. The van der Waals surface area contributed by atoms with Crippen molar-refractivity contribution >= 4 is 17.9 Å². The van der Waals surface area contributed by atoms with Crippen molar-refractivity contribution in [1.82, 2.24) is 0 Å². The molecule has 0 fully saturated rings. The summed E-state index contributed by atoms with van der Waals surface area (Å²) in [5.41, 5.74) is 4.95. The summed E-state index contributed by atoms with van der Waals surface area (Å²) in [6.45, 7) is 0. The second-order valence-electron chi connectivity index (χ2n) is 2.35. The summed E-state index contributed by atoms with van der Waals surface area (Å²) in [6, 6.07) is 6.06. The minimum Gasteiger partial charge on any atom is -0.465 e. The smallest absolute Gasteiger partial charge is 0.410 e. The third-order valence-corrected chi connectivity index (χ3v) is 1.34. The van der Waals surface area contributed by atoms with E-state index in [0.717, 1.165) is 0 Å². The Morgan fingerprint density at radius 1 is 1.36 bits per heavy atom. The Bertz CT molecular complexity index is 329.